The quantitative estimate of drug-likeness (QED) is 0.463. The smallest absolute Gasteiger partial charge is 0.387 e. The van der Waals surface area contributed by atoms with Crippen LogP contribution in [0.4, 0.5) is 8.78 Å². The SMILES string of the molecule is COc1cc(/C=C/C(=O)OCC(=O)NC(C)c2ccc3c(c2)OCO3)ccc1OC(F)F. The van der Waals surface area contributed by atoms with E-state index in [9.17, 15) is 18.4 Å². The standard InChI is InChI=1S/C22H21F2NO7/c1-13(15-5-7-16-19(10-15)31-12-30-16)25-20(26)11-29-21(27)8-4-14-3-6-17(32-22(23)24)18(9-14)28-2/h3-10,13,22H,11-12H2,1-2H3,(H,25,26)/b8-4+. The van der Waals surface area contributed by atoms with Gasteiger partial charge in [0.25, 0.3) is 5.91 Å². The van der Waals surface area contributed by atoms with Gasteiger partial charge < -0.3 is 29.0 Å². The Morgan fingerprint density at radius 1 is 1.12 bits per heavy atom. The minimum absolute atomic E-state index is 0.0812. The molecule has 8 nitrogen and oxygen atoms in total. The van der Waals surface area contributed by atoms with E-state index in [0.29, 0.717) is 17.1 Å². The molecule has 3 rings (SSSR count). The van der Waals surface area contributed by atoms with E-state index in [1.54, 1.807) is 25.1 Å². The van der Waals surface area contributed by atoms with Gasteiger partial charge in [-0.2, -0.15) is 8.78 Å². The van der Waals surface area contributed by atoms with Crippen LogP contribution in [-0.4, -0.2) is 39.0 Å². The Hall–Kier alpha value is -3.82. The lowest BCUT2D eigenvalue weighted by molar-refractivity contribution is -0.144. The van der Waals surface area contributed by atoms with E-state index in [1.165, 1.54) is 31.4 Å². The van der Waals surface area contributed by atoms with Crippen LogP contribution in [0.25, 0.3) is 6.08 Å². The molecule has 0 radical (unpaired) electrons. The van der Waals surface area contributed by atoms with Crippen LogP contribution < -0.4 is 24.3 Å². The van der Waals surface area contributed by atoms with Crippen molar-refractivity contribution in [1.29, 1.82) is 0 Å². The number of hydrogen-bond donors (Lipinski definition) is 1. The van der Waals surface area contributed by atoms with Gasteiger partial charge in [-0.15, -0.1) is 0 Å². The number of benzene rings is 2. The number of fused-ring (bicyclic) bond motifs is 1. The number of halogens is 2. The number of amides is 1. The van der Waals surface area contributed by atoms with Crippen molar-refractivity contribution in [3.63, 3.8) is 0 Å². The number of alkyl halides is 2. The molecular weight excluding hydrogens is 428 g/mol. The molecule has 0 saturated heterocycles. The van der Waals surface area contributed by atoms with Gasteiger partial charge in [0.2, 0.25) is 6.79 Å². The Morgan fingerprint density at radius 2 is 1.91 bits per heavy atom. The fourth-order valence-electron chi connectivity index (χ4n) is 2.88. The zero-order chi connectivity index (χ0) is 23.1. The third-order valence-corrected chi connectivity index (χ3v) is 4.44. The van der Waals surface area contributed by atoms with Crippen LogP contribution in [0.2, 0.25) is 0 Å². The fraction of sp³-hybridized carbons (Fsp3) is 0.273. The molecule has 1 N–H and O–H groups in total. The van der Waals surface area contributed by atoms with E-state index in [-0.39, 0.29) is 24.3 Å². The fourth-order valence-corrected chi connectivity index (χ4v) is 2.88. The molecule has 0 spiro atoms. The van der Waals surface area contributed by atoms with Gasteiger partial charge >= 0.3 is 12.6 Å². The summed E-state index contributed by atoms with van der Waals surface area (Å²) in [7, 11) is 1.30. The van der Waals surface area contributed by atoms with Crippen LogP contribution in [0.5, 0.6) is 23.0 Å². The summed E-state index contributed by atoms with van der Waals surface area (Å²) in [5.74, 6) is -0.0320. The highest BCUT2D eigenvalue weighted by Gasteiger charge is 2.17. The van der Waals surface area contributed by atoms with Crippen LogP contribution in [0, 0.1) is 0 Å². The van der Waals surface area contributed by atoms with Gasteiger partial charge in [0.1, 0.15) is 0 Å². The maximum Gasteiger partial charge on any atom is 0.387 e. The molecule has 0 aromatic heterocycles. The van der Waals surface area contributed by atoms with Crippen LogP contribution in [0.3, 0.4) is 0 Å². The molecule has 0 aliphatic carbocycles. The Bertz CT molecular complexity index is 1010. The summed E-state index contributed by atoms with van der Waals surface area (Å²) in [6.07, 6.45) is 2.50. The number of nitrogens with one attached hydrogen (secondary N) is 1. The topological polar surface area (TPSA) is 92.3 Å². The summed E-state index contributed by atoms with van der Waals surface area (Å²) in [5.41, 5.74) is 1.29. The van der Waals surface area contributed by atoms with Crippen molar-refractivity contribution in [3.8, 4) is 23.0 Å². The first-order valence-electron chi connectivity index (χ1n) is 9.52. The molecule has 0 saturated carbocycles. The lowest BCUT2D eigenvalue weighted by Crippen LogP contribution is -2.30. The summed E-state index contributed by atoms with van der Waals surface area (Å²) in [5, 5.41) is 2.73. The Labute approximate surface area is 182 Å². The highest BCUT2D eigenvalue weighted by atomic mass is 19.3. The van der Waals surface area contributed by atoms with Gasteiger partial charge in [-0.05, 0) is 48.4 Å². The van der Waals surface area contributed by atoms with Gasteiger partial charge in [-0.25, -0.2) is 4.79 Å². The first kappa shape index (κ1) is 22.9. The van der Waals surface area contributed by atoms with Crippen molar-refractivity contribution in [2.24, 2.45) is 0 Å². The van der Waals surface area contributed by atoms with Crippen LogP contribution in [0.15, 0.2) is 42.5 Å². The number of methoxy groups -OCH3 is 1. The predicted molar refractivity (Wildman–Crippen MR) is 109 cm³/mol. The number of carbonyl (C=O) groups excluding carboxylic acids is 2. The van der Waals surface area contributed by atoms with Crippen molar-refractivity contribution in [1.82, 2.24) is 5.32 Å². The predicted octanol–water partition coefficient (Wildman–Crippen LogP) is 3.46. The van der Waals surface area contributed by atoms with Crippen molar-refractivity contribution < 1.29 is 42.1 Å². The molecule has 1 heterocycles. The van der Waals surface area contributed by atoms with Gasteiger partial charge in [0, 0.05) is 6.08 Å². The molecule has 1 atom stereocenters. The van der Waals surface area contributed by atoms with Crippen LogP contribution >= 0.6 is 0 Å². The molecule has 2 aromatic carbocycles. The largest absolute Gasteiger partial charge is 0.493 e. The van der Waals surface area contributed by atoms with Gasteiger partial charge in [0.15, 0.2) is 29.6 Å². The third kappa shape index (κ3) is 6.10. The molecule has 1 unspecified atom stereocenters. The first-order chi connectivity index (χ1) is 15.4. The minimum atomic E-state index is -2.99. The number of rotatable bonds is 9. The Balaban J connectivity index is 1.48. The maximum atomic E-state index is 12.4. The molecule has 1 aliphatic rings. The second-order valence-corrected chi connectivity index (χ2v) is 6.63. The van der Waals surface area contributed by atoms with Gasteiger partial charge in [-0.1, -0.05) is 12.1 Å². The lowest BCUT2D eigenvalue weighted by Gasteiger charge is -2.14. The number of esters is 1. The maximum absolute atomic E-state index is 12.4. The number of ether oxygens (including phenoxy) is 5. The molecule has 170 valence electrons. The van der Waals surface area contributed by atoms with E-state index in [2.05, 4.69) is 10.1 Å². The van der Waals surface area contributed by atoms with Gasteiger partial charge in [-0.3, -0.25) is 4.79 Å². The van der Waals surface area contributed by atoms with Crippen molar-refractivity contribution in [3.05, 3.63) is 53.6 Å². The van der Waals surface area contributed by atoms with E-state index >= 15 is 0 Å². The summed E-state index contributed by atoms with van der Waals surface area (Å²) < 4.78 is 49.6. The highest BCUT2D eigenvalue weighted by molar-refractivity contribution is 5.89. The Morgan fingerprint density at radius 3 is 2.66 bits per heavy atom. The van der Waals surface area contributed by atoms with Crippen LogP contribution in [-0.2, 0) is 14.3 Å². The van der Waals surface area contributed by atoms with Crippen molar-refractivity contribution in [2.45, 2.75) is 19.6 Å². The summed E-state index contributed by atoms with van der Waals surface area (Å²) in [6.45, 7) is -1.52. The Kier molecular flexibility index (Phi) is 7.48. The van der Waals surface area contributed by atoms with Crippen LogP contribution in [0.1, 0.15) is 24.1 Å². The normalized spacial score (nSPS) is 13.2. The molecule has 0 bridgehead atoms. The summed E-state index contributed by atoms with van der Waals surface area (Å²) in [4.78, 5) is 24.0. The highest BCUT2D eigenvalue weighted by Crippen LogP contribution is 2.34. The molecule has 32 heavy (non-hydrogen) atoms. The van der Waals surface area contributed by atoms with E-state index < -0.39 is 25.1 Å². The molecule has 1 aliphatic heterocycles. The third-order valence-electron chi connectivity index (χ3n) is 4.44. The lowest BCUT2D eigenvalue weighted by atomic mass is 10.1. The van der Waals surface area contributed by atoms with E-state index in [0.717, 1.165) is 11.6 Å². The molecule has 1 amide bonds. The van der Waals surface area contributed by atoms with E-state index in [4.69, 9.17) is 18.9 Å². The second-order valence-electron chi connectivity index (χ2n) is 6.63. The number of hydrogen-bond acceptors (Lipinski definition) is 7. The second kappa shape index (κ2) is 10.5. The minimum Gasteiger partial charge on any atom is -0.493 e. The average Bonchev–Trinajstić information content (AvgIpc) is 3.24. The number of carbonyl (C=O) groups is 2. The average molecular weight is 449 g/mol. The van der Waals surface area contributed by atoms with Crippen molar-refractivity contribution in [2.75, 3.05) is 20.5 Å². The summed E-state index contributed by atoms with van der Waals surface area (Å²) in [6, 6.07) is 9.17. The van der Waals surface area contributed by atoms with E-state index in [1.807, 2.05) is 0 Å². The zero-order valence-corrected chi connectivity index (χ0v) is 17.3. The summed E-state index contributed by atoms with van der Waals surface area (Å²) >= 11 is 0. The monoisotopic (exact) mass is 449 g/mol. The molecule has 0 fully saturated rings. The molecule has 2 aromatic rings. The molecular formula is C22H21F2NO7. The van der Waals surface area contributed by atoms with Gasteiger partial charge in [0.05, 0.1) is 13.2 Å². The van der Waals surface area contributed by atoms with Crippen molar-refractivity contribution >= 4 is 18.0 Å². The molecule has 10 heteroatoms. The first-order valence-corrected chi connectivity index (χ1v) is 9.52. The zero-order valence-electron chi connectivity index (χ0n) is 17.3.